The summed E-state index contributed by atoms with van der Waals surface area (Å²) in [5.41, 5.74) is 6.01. The lowest BCUT2D eigenvalue weighted by Gasteiger charge is -2.48. The normalized spacial score (nSPS) is 26.1. The number of halogens is 4. The Morgan fingerprint density at radius 3 is 2.00 bits per heavy atom. The average molecular weight is 1790 g/mol. The number of hydrogen-bond donors (Lipinski definition) is 21. The number of carbonyl (C=O) groups excluding carboxylic acids is 9. The van der Waals surface area contributed by atoms with E-state index in [1.165, 1.54) is 62.1 Å². The predicted molar refractivity (Wildman–Crippen MR) is 435 cm³/mol. The highest BCUT2D eigenvalue weighted by atomic mass is 35.5. The van der Waals surface area contributed by atoms with E-state index in [-0.39, 0.29) is 71.6 Å². The van der Waals surface area contributed by atoms with Crippen molar-refractivity contribution in [1.29, 1.82) is 0 Å². The molecule has 14 rings (SSSR count). The van der Waals surface area contributed by atoms with E-state index in [0.29, 0.717) is 5.56 Å². The number of fused-ring (bicyclic) bond motifs is 15. The van der Waals surface area contributed by atoms with E-state index in [0.717, 1.165) is 72.8 Å². The molecule has 39 nitrogen and oxygen atoms in total. The minimum atomic E-state index is -2.39. The van der Waals surface area contributed by atoms with Gasteiger partial charge in [0.25, 0.3) is 5.91 Å². The number of hydrogen-bond acceptors (Lipinski definition) is 29. The lowest BCUT2D eigenvalue weighted by atomic mass is 9.85. The molecule has 18 atom stereocenters. The number of aromatic nitrogens is 2. The number of carbonyl (C=O) groups is 9. The number of anilines is 1. The lowest BCUT2D eigenvalue weighted by molar-refractivity contribution is -0.334. The number of aromatic hydroxyl groups is 3. The van der Waals surface area contributed by atoms with Gasteiger partial charge in [-0.25, -0.2) is 14.6 Å². The van der Waals surface area contributed by atoms with Crippen molar-refractivity contribution in [1.82, 2.24) is 62.9 Å². The molecule has 9 amide bonds. The van der Waals surface area contributed by atoms with Crippen molar-refractivity contribution < 1.29 is 122 Å². The Balaban J connectivity index is 0.997. The van der Waals surface area contributed by atoms with Gasteiger partial charge in [-0.3, -0.25) is 53.1 Å². The Morgan fingerprint density at radius 2 is 1.37 bits per heavy atom. The van der Waals surface area contributed by atoms with Gasteiger partial charge in [0.05, 0.1) is 52.8 Å². The van der Waals surface area contributed by atoms with Crippen molar-refractivity contribution in [2.45, 2.75) is 169 Å². The molecule has 1 aromatic heterocycles. The number of ether oxygens (including phenoxy) is 6. The van der Waals surface area contributed by atoms with Crippen LogP contribution in [0.15, 0.2) is 114 Å². The first kappa shape index (κ1) is 91.7. The molecule has 6 aromatic carbocycles. The van der Waals surface area contributed by atoms with Gasteiger partial charge in [0.15, 0.2) is 23.9 Å². The van der Waals surface area contributed by atoms with E-state index in [1.807, 2.05) is 13.8 Å². The Hall–Kier alpha value is -11.5. The Kier molecular flexibility index (Phi) is 28.7. The molecular formula is C81H90Cl3FN14O25. The van der Waals surface area contributed by atoms with Crippen LogP contribution in [0.5, 0.6) is 46.0 Å². The van der Waals surface area contributed by atoms with Crippen LogP contribution in [0.3, 0.4) is 0 Å². The van der Waals surface area contributed by atoms with Crippen molar-refractivity contribution >= 4 is 93.8 Å². The maximum Gasteiger partial charge on any atom is 0.349 e. The topological polar surface area (TPSA) is 584 Å². The number of hydrazine groups is 1. The molecule has 2 fully saturated rings. The SMILES string of the molecule is CNNC(=O)[C@@H]1NC(=O)C2NC(=O)C(NC(=O)C3NC(=O)C(CC(N)=O)NC(=O)C(NC(=O)C(CC(C)C)NC)C(O)c4ccc(c(Cl)c4)Oc4cc3cc(c4OC3OC(CO)C(O)C(O)C3OC3C[C@@](C)(NCCn4ccc(NC(=O)Cc5ccc(Cl)c(F)c5)nc4=O)C(O)C(C)O3)Oc3ccc(cc3Cl)C2O)c2ccc(O)c(c2)-c2c(O)cc(O)cc21. The largest absolute Gasteiger partial charge is 0.508 e. The maximum absolute atomic E-state index is 16.3. The van der Waals surface area contributed by atoms with Crippen molar-refractivity contribution in [2.24, 2.45) is 11.7 Å². The number of primary amides is 1. The second kappa shape index (κ2) is 38.8. The summed E-state index contributed by atoms with van der Waals surface area (Å²) in [7, 11) is 2.75. The van der Waals surface area contributed by atoms with Crippen LogP contribution in [0.4, 0.5) is 10.2 Å². The zero-order valence-corrected chi connectivity index (χ0v) is 69.0. The number of nitrogens with two attached hydrogens (primary N) is 1. The van der Waals surface area contributed by atoms with Crippen LogP contribution in [0.1, 0.15) is 111 Å². The van der Waals surface area contributed by atoms with Crippen molar-refractivity contribution in [2.75, 3.05) is 32.6 Å². The minimum absolute atomic E-state index is 0.0609. The lowest BCUT2D eigenvalue weighted by Crippen LogP contribution is -2.65. The van der Waals surface area contributed by atoms with E-state index < -0.39 is 259 Å². The summed E-state index contributed by atoms with van der Waals surface area (Å²) < 4.78 is 54.7. The summed E-state index contributed by atoms with van der Waals surface area (Å²) >= 11 is 20.1. The molecule has 0 aliphatic carbocycles. The second-order valence-electron chi connectivity index (χ2n) is 30.7. The number of benzene rings is 6. The third kappa shape index (κ3) is 20.5. The summed E-state index contributed by atoms with van der Waals surface area (Å²) in [6.45, 7) is 5.51. The molecular weight excluding hydrogens is 1690 g/mol. The molecule has 8 heterocycles. The van der Waals surface area contributed by atoms with Gasteiger partial charge in [-0.1, -0.05) is 72.9 Å². The number of nitrogens with zero attached hydrogens (tertiary/aromatic N) is 2. The quantitative estimate of drug-likeness (QED) is 0.0448. The summed E-state index contributed by atoms with van der Waals surface area (Å²) in [5.74, 6) is -16.8. The first-order chi connectivity index (χ1) is 58.8. The fourth-order valence-electron chi connectivity index (χ4n) is 15.0. The van der Waals surface area contributed by atoms with Gasteiger partial charge in [-0.05, 0) is 139 Å². The van der Waals surface area contributed by atoms with E-state index in [1.54, 1.807) is 6.92 Å². The molecule has 124 heavy (non-hydrogen) atoms. The van der Waals surface area contributed by atoms with Crippen LogP contribution in [-0.2, 0) is 70.3 Å². The molecule has 22 N–H and O–H groups in total. The molecule has 7 aliphatic heterocycles. The Labute approximate surface area is 719 Å². The first-order valence-corrected chi connectivity index (χ1v) is 39.9. The second-order valence-corrected chi connectivity index (χ2v) is 31.9. The van der Waals surface area contributed by atoms with Crippen LogP contribution >= 0.6 is 34.8 Å². The molecule has 0 radical (unpaired) electrons. The number of likely N-dealkylation sites (N-methyl/N-ethyl adjacent to an activating group) is 1. The molecule has 7 aromatic rings. The molecule has 0 saturated carbocycles. The highest BCUT2D eigenvalue weighted by molar-refractivity contribution is 6.32. The Morgan fingerprint density at radius 1 is 0.718 bits per heavy atom. The number of aliphatic hydroxyl groups excluding tert-OH is 6. The summed E-state index contributed by atoms with van der Waals surface area (Å²) in [4.78, 5) is 150. The van der Waals surface area contributed by atoms with Gasteiger partial charge >= 0.3 is 5.69 Å². The maximum atomic E-state index is 16.3. The average Bonchev–Trinajstić information content (AvgIpc) is 0.765. The van der Waals surface area contributed by atoms with E-state index in [4.69, 9.17) is 69.0 Å². The van der Waals surface area contributed by atoms with Gasteiger partial charge in [0.2, 0.25) is 59.3 Å². The first-order valence-electron chi connectivity index (χ1n) is 38.8. The van der Waals surface area contributed by atoms with Crippen molar-refractivity contribution in [3.63, 3.8) is 0 Å². The number of aliphatic hydroxyl groups is 6. The van der Waals surface area contributed by atoms with Crippen molar-refractivity contribution in [3.05, 3.63) is 174 Å². The van der Waals surface area contributed by atoms with E-state index in [9.17, 15) is 74.3 Å². The third-order valence-corrected chi connectivity index (χ3v) is 22.3. The van der Waals surface area contributed by atoms with Gasteiger partial charge < -0.3 is 128 Å². The van der Waals surface area contributed by atoms with Crippen molar-refractivity contribution in [3.8, 4) is 57.1 Å². The monoisotopic (exact) mass is 1780 g/mol. The molecule has 43 heteroatoms. The van der Waals surface area contributed by atoms with Crippen LogP contribution in [0, 0.1) is 11.7 Å². The molecule has 0 spiro atoms. The van der Waals surface area contributed by atoms with Gasteiger partial charge in [0, 0.05) is 55.5 Å². The number of amides is 9. The Bertz CT molecular complexity index is 5350. The fourth-order valence-corrected chi connectivity index (χ4v) is 15.6. The third-order valence-electron chi connectivity index (χ3n) is 21.4. The standard InChI is InChI=1S/C81H90Cl3FN14O25/c1-32(2)19-46(87-5)72(111)96-63-65(106)36-9-13-50(43(83)23-36)120-52-25-38-26-53(69(52)124-79-70(68(109)67(108)54(31-100)122-79)123-58-30-81(4,71(110)33(3)119-58)89-16-18-99-17-15-56(92-80(99)118)91-57(105)21-34-7-11-42(82)45(85)20-34)121-51-14-10-37(24-44(51)84)66(107)64-77(116)95-62(78(117)98-88-6)41-27-39(101)28-49(103)59(41)40-22-35(8-12-48(40)102)60(74(113)97-64)94-75(114)61(38)93-73(112)47(29-55(86)104)90-76(63)115/h7-15,17,20,22-28,32-33,46-47,54,58,60-68,70-71,79,87-89,100-103,106-110H,16,18-19,21,29-31H2,1-6H3,(H2,86,104)(H,90,115)(H,93,112)(H,94,114)(H,95,116)(H,96,111)(H,97,113)(H,98,117)(H,91,92,105,118)/t33?,46?,47?,54?,58?,60?,61?,62-,63?,64?,65?,66?,67?,68?,70?,71?,79?,81-/m1/s1. The number of phenolic OH excluding ortho intramolecular Hbond substituents is 3. The minimum Gasteiger partial charge on any atom is -0.508 e. The van der Waals surface area contributed by atoms with Gasteiger partial charge in [-0.15, -0.1) is 0 Å². The zero-order chi connectivity index (χ0) is 89.8. The fraction of sp³-hybridized carbons (Fsp3) is 0.395. The highest BCUT2D eigenvalue weighted by Crippen LogP contribution is 2.50. The molecule has 662 valence electrons. The van der Waals surface area contributed by atoms with E-state index in [2.05, 4.69) is 63.7 Å². The van der Waals surface area contributed by atoms with Crippen LogP contribution in [0.25, 0.3) is 11.1 Å². The summed E-state index contributed by atoms with van der Waals surface area (Å²) in [6, 6.07) is 4.87. The van der Waals surface area contributed by atoms with Crippen LogP contribution in [0.2, 0.25) is 15.1 Å². The van der Waals surface area contributed by atoms with Gasteiger partial charge in [-0.2, -0.15) is 4.98 Å². The molecule has 2 saturated heterocycles. The zero-order valence-electron chi connectivity index (χ0n) is 66.8. The van der Waals surface area contributed by atoms with Crippen LogP contribution < -0.4 is 84.3 Å². The number of nitrogens with one attached hydrogen (secondary N) is 11. The number of rotatable bonds is 21. The van der Waals surface area contributed by atoms with Gasteiger partial charge in [0.1, 0.15) is 107 Å². The molecule has 16 unspecified atom stereocenters. The number of phenols is 3. The molecule has 7 aliphatic rings. The predicted octanol–water partition coefficient (Wildman–Crippen LogP) is 1.13. The van der Waals surface area contributed by atoms with E-state index >= 15 is 24.0 Å². The highest BCUT2D eigenvalue weighted by Gasteiger charge is 2.52. The summed E-state index contributed by atoms with van der Waals surface area (Å²) in [5, 5.41) is 129. The summed E-state index contributed by atoms with van der Waals surface area (Å²) in [6.07, 6.45) is -18.5. The van der Waals surface area contributed by atoms with Crippen LogP contribution in [-0.4, -0.2) is 215 Å². The molecule has 11 bridgehead atoms. The smallest absolute Gasteiger partial charge is 0.349 e.